The monoisotopic (exact) mass is 405 g/mol. The van der Waals surface area contributed by atoms with Crippen LogP contribution >= 0.6 is 0 Å². The number of Topliss-reactive ketones (excluding diaryl/α,β-unsaturated/α-hetero) is 1. The average molecular weight is 405 g/mol. The first-order valence-electron chi connectivity index (χ1n) is 9.95. The molecular formula is C23H26F3NO2. The molecule has 2 aromatic carbocycles. The second kappa shape index (κ2) is 9.44. The lowest BCUT2D eigenvalue weighted by Crippen LogP contribution is -2.39. The van der Waals surface area contributed by atoms with Crippen molar-refractivity contribution in [1.29, 1.82) is 0 Å². The van der Waals surface area contributed by atoms with Crippen LogP contribution in [0.2, 0.25) is 0 Å². The lowest BCUT2D eigenvalue weighted by Gasteiger charge is -2.32. The van der Waals surface area contributed by atoms with Gasteiger partial charge in [-0.2, -0.15) is 0 Å². The molecule has 1 saturated heterocycles. The smallest absolute Gasteiger partial charge is 0.406 e. The summed E-state index contributed by atoms with van der Waals surface area (Å²) in [5, 5.41) is 0. The number of carbonyl (C=O) groups excluding carboxylic acids is 1. The van der Waals surface area contributed by atoms with Gasteiger partial charge >= 0.3 is 6.36 Å². The van der Waals surface area contributed by atoms with Crippen molar-refractivity contribution in [3.63, 3.8) is 0 Å². The zero-order valence-corrected chi connectivity index (χ0v) is 16.5. The molecule has 1 atom stereocenters. The van der Waals surface area contributed by atoms with Crippen molar-refractivity contribution in [2.75, 3.05) is 19.6 Å². The third-order valence-electron chi connectivity index (χ3n) is 5.34. The van der Waals surface area contributed by atoms with Gasteiger partial charge in [-0.05, 0) is 62.8 Å². The van der Waals surface area contributed by atoms with Gasteiger partial charge in [0, 0.05) is 12.1 Å². The summed E-state index contributed by atoms with van der Waals surface area (Å²) in [4.78, 5) is 14.7. The van der Waals surface area contributed by atoms with Crippen LogP contribution in [0.25, 0.3) is 0 Å². The largest absolute Gasteiger partial charge is 0.573 e. The summed E-state index contributed by atoms with van der Waals surface area (Å²) in [6, 6.07) is 13.8. The van der Waals surface area contributed by atoms with E-state index >= 15 is 0 Å². The molecule has 29 heavy (non-hydrogen) atoms. The minimum atomic E-state index is -4.66. The third kappa shape index (κ3) is 6.89. The van der Waals surface area contributed by atoms with Gasteiger partial charge in [-0.1, -0.05) is 42.0 Å². The standard InChI is InChI=1S/C23H26F3NO2/c1-17-4-10-20(11-5-17)22(28)16-27-14-2-3-19(15-27)7-6-18-8-12-21(13-9-18)29-23(24,25)26/h4-5,8-13,19H,2-3,6-7,14-16H2,1H3. The van der Waals surface area contributed by atoms with E-state index in [1.165, 1.54) is 12.1 Å². The summed E-state index contributed by atoms with van der Waals surface area (Å²) in [6.07, 6.45) is -0.733. The van der Waals surface area contributed by atoms with Crippen LogP contribution in [0.4, 0.5) is 13.2 Å². The van der Waals surface area contributed by atoms with E-state index in [-0.39, 0.29) is 11.5 Å². The summed E-state index contributed by atoms with van der Waals surface area (Å²) in [7, 11) is 0. The highest BCUT2D eigenvalue weighted by Crippen LogP contribution is 2.25. The number of carbonyl (C=O) groups is 1. The molecule has 3 nitrogen and oxygen atoms in total. The number of piperidine rings is 1. The van der Waals surface area contributed by atoms with Crippen LogP contribution in [-0.4, -0.2) is 36.7 Å². The molecule has 3 rings (SSSR count). The van der Waals surface area contributed by atoms with Gasteiger partial charge in [0.2, 0.25) is 0 Å². The molecule has 1 aliphatic heterocycles. The number of halogens is 3. The van der Waals surface area contributed by atoms with Crippen LogP contribution in [0.1, 0.15) is 40.7 Å². The molecule has 0 N–H and O–H groups in total. The second-order valence-corrected chi connectivity index (χ2v) is 7.76. The number of hydrogen-bond donors (Lipinski definition) is 0. The molecule has 156 valence electrons. The molecule has 0 amide bonds. The van der Waals surface area contributed by atoms with Crippen LogP contribution in [0.15, 0.2) is 48.5 Å². The first-order valence-corrected chi connectivity index (χ1v) is 9.95. The van der Waals surface area contributed by atoms with Crippen molar-refractivity contribution in [2.45, 2.75) is 39.0 Å². The zero-order chi connectivity index (χ0) is 20.9. The summed E-state index contributed by atoms with van der Waals surface area (Å²) < 4.78 is 40.6. The molecular weight excluding hydrogens is 379 g/mol. The fourth-order valence-electron chi connectivity index (χ4n) is 3.79. The minimum Gasteiger partial charge on any atom is -0.406 e. The second-order valence-electron chi connectivity index (χ2n) is 7.76. The van der Waals surface area contributed by atoms with Crippen LogP contribution in [0.3, 0.4) is 0 Å². The van der Waals surface area contributed by atoms with Crippen molar-refractivity contribution in [3.05, 3.63) is 65.2 Å². The van der Waals surface area contributed by atoms with E-state index in [1.54, 1.807) is 12.1 Å². The molecule has 1 unspecified atom stereocenters. The normalized spacial score (nSPS) is 17.9. The molecule has 0 bridgehead atoms. The maximum atomic E-state index is 12.5. The predicted octanol–water partition coefficient (Wildman–Crippen LogP) is 5.42. The number of aryl methyl sites for hydroxylation is 2. The van der Waals surface area contributed by atoms with Crippen LogP contribution < -0.4 is 4.74 Å². The number of ether oxygens (including phenoxy) is 1. The number of benzene rings is 2. The lowest BCUT2D eigenvalue weighted by atomic mass is 9.91. The highest BCUT2D eigenvalue weighted by molar-refractivity contribution is 5.97. The van der Waals surface area contributed by atoms with Gasteiger partial charge in [-0.3, -0.25) is 9.69 Å². The van der Waals surface area contributed by atoms with Gasteiger partial charge in [-0.15, -0.1) is 13.2 Å². The topological polar surface area (TPSA) is 29.5 Å². The van der Waals surface area contributed by atoms with Crippen molar-refractivity contribution < 1.29 is 22.7 Å². The van der Waals surface area contributed by atoms with E-state index in [0.717, 1.165) is 55.5 Å². The van der Waals surface area contributed by atoms with Crippen molar-refractivity contribution >= 4 is 5.78 Å². The van der Waals surface area contributed by atoms with Gasteiger partial charge in [-0.25, -0.2) is 0 Å². The summed E-state index contributed by atoms with van der Waals surface area (Å²) in [5.41, 5.74) is 2.88. The summed E-state index contributed by atoms with van der Waals surface area (Å²) in [6.45, 7) is 4.24. The number of likely N-dealkylation sites (tertiary alicyclic amines) is 1. The number of hydrogen-bond acceptors (Lipinski definition) is 3. The Kier molecular flexibility index (Phi) is 6.96. The molecule has 0 aromatic heterocycles. The van der Waals surface area contributed by atoms with E-state index < -0.39 is 6.36 Å². The average Bonchev–Trinajstić information content (AvgIpc) is 2.67. The molecule has 0 spiro atoms. The fraction of sp³-hybridized carbons (Fsp3) is 0.435. The molecule has 1 aliphatic rings. The van der Waals surface area contributed by atoms with E-state index in [1.807, 2.05) is 31.2 Å². The Bertz CT molecular complexity index is 800. The Balaban J connectivity index is 1.47. The highest BCUT2D eigenvalue weighted by atomic mass is 19.4. The Morgan fingerprint density at radius 1 is 1.10 bits per heavy atom. The number of ketones is 1. The molecule has 0 saturated carbocycles. The van der Waals surface area contributed by atoms with Gasteiger partial charge in [0.15, 0.2) is 5.78 Å². The molecule has 0 aliphatic carbocycles. The lowest BCUT2D eigenvalue weighted by molar-refractivity contribution is -0.274. The molecule has 6 heteroatoms. The predicted molar refractivity (Wildman–Crippen MR) is 106 cm³/mol. The number of nitrogens with zero attached hydrogens (tertiary/aromatic N) is 1. The molecule has 2 aromatic rings. The first-order chi connectivity index (χ1) is 13.8. The van der Waals surface area contributed by atoms with Crippen molar-refractivity contribution in [1.82, 2.24) is 4.90 Å². The Hall–Kier alpha value is -2.34. The Morgan fingerprint density at radius 3 is 2.45 bits per heavy atom. The quantitative estimate of drug-likeness (QED) is 0.576. The molecule has 1 fully saturated rings. The Labute approximate surface area is 169 Å². The number of alkyl halides is 3. The molecule has 1 heterocycles. The Morgan fingerprint density at radius 2 is 1.79 bits per heavy atom. The SMILES string of the molecule is Cc1ccc(C(=O)CN2CCCC(CCc3ccc(OC(F)(F)F)cc3)C2)cc1. The highest BCUT2D eigenvalue weighted by Gasteiger charge is 2.31. The minimum absolute atomic E-state index is 0.144. The van der Waals surface area contributed by atoms with E-state index in [0.29, 0.717) is 12.5 Å². The summed E-state index contributed by atoms with van der Waals surface area (Å²) >= 11 is 0. The van der Waals surface area contributed by atoms with Crippen LogP contribution in [0.5, 0.6) is 5.75 Å². The van der Waals surface area contributed by atoms with Crippen LogP contribution in [-0.2, 0) is 6.42 Å². The maximum Gasteiger partial charge on any atom is 0.573 e. The fourth-order valence-corrected chi connectivity index (χ4v) is 3.79. The van der Waals surface area contributed by atoms with Gasteiger partial charge in [0.25, 0.3) is 0 Å². The summed E-state index contributed by atoms with van der Waals surface area (Å²) in [5.74, 6) is 0.436. The third-order valence-corrected chi connectivity index (χ3v) is 5.34. The van der Waals surface area contributed by atoms with Crippen molar-refractivity contribution in [3.8, 4) is 5.75 Å². The first kappa shape index (κ1) is 21.4. The van der Waals surface area contributed by atoms with Gasteiger partial charge < -0.3 is 4.74 Å². The van der Waals surface area contributed by atoms with Crippen LogP contribution in [0, 0.1) is 12.8 Å². The zero-order valence-electron chi connectivity index (χ0n) is 16.5. The van der Waals surface area contributed by atoms with E-state index in [9.17, 15) is 18.0 Å². The van der Waals surface area contributed by atoms with E-state index in [4.69, 9.17) is 0 Å². The number of rotatable bonds is 7. The maximum absolute atomic E-state index is 12.5. The van der Waals surface area contributed by atoms with Crippen molar-refractivity contribution in [2.24, 2.45) is 5.92 Å². The van der Waals surface area contributed by atoms with Gasteiger partial charge in [0.1, 0.15) is 5.75 Å². The molecule has 0 radical (unpaired) electrons. The van der Waals surface area contributed by atoms with Gasteiger partial charge in [0.05, 0.1) is 6.54 Å². The van der Waals surface area contributed by atoms with E-state index in [2.05, 4.69) is 9.64 Å².